The highest BCUT2D eigenvalue weighted by Crippen LogP contribution is 2.38. The second kappa shape index (κ2) is 6.89. The molecule has 0 aliphatic carbocycles. The van der Waals surface area contributed by atoms with Gasteiger partial charge in [-0.1, -0.05) is 18.2 Å². The molecule has 7 nitrogen and oxygen atoms in total. The molecule has 0 saturated carbocycles. The molecule has 7 heteroatoms. The lowest BCUT2D eigenvalue weighted by atomic mass is 9.95. The largest absolute Gasteiger partial charge is 0.497 e. The molecule has 1 aliphatic heterocycles. The van der Waals surface area contributed by atoms with Gasteiger partial charge in [-0.05, 0) is 18.2 Å². The van der Waals surface area contributed by atoms with Crippen LogP contribution in [0.4, 0.5) is 0 Å². The number of ether oxygens (including phenoxy) is 1. The van der Waals surface area contributed by atoms with Gasteiger partial charge < -0.3 is 20.0 Å². The van der Waals surface area contributed by atoms with E-state index in [-0.39, 0.29) is 0 Å². The van der Waals surface area contributed by atoms with E-state index in [0.717, 1.165) is 21.8 Å². The number of aromatic amines is 1. The number of rotatable bonds is 5. The lowest BCUT2D eigenvalue weighted by molar-refractivity contribution is -0.122. The van der Waals surface area contributed by atoms with Gasteiger partial charge in [0, 0.05) is 59.0 Å². The van der Waals surface area contributed by atoms with Gasteiger partial charge in [-0.3, -0.25) is 14.9 Å². The fourth-order valence-electron chi connectivity index (χ4n) is 4.17. The smallest absolute Gasteiger partial charge is 0.259 e. The number of nitrogens with zero attached hydrogens (tertiary/aromatic N) is 1. The summed E-state index contributed by atoms with van der Waals surface area (Å²) in [6, 6.07) is 13.4. The third-order valence-electron chi connectivity index (χ3n) is 5.52. The van der Waals surface area contributed by atoms with Gasteiger partial charge >= 0.3 is 0 Å². The van der Waals surface area contributed by atoms with Gasteiger partial charge in [0.15, 0.2) is 0 Å². The molecule has 5 rings (SSSR count). The van der Waals surface area contributed by atoms with Crippen molar-refractivity contribution in [2.75, 3.05) is 13.7 Å². The van der Waals surface area contributed by atoms with Crippen molar-refractivity contribution in [2.45, 2.75) is 6.54 Å². The van der Waals surface area contributed by atoms with Crippen LogP contribution in [-0.4, -0.2) is 35.0 Å². The second-order valence-corrected chi connectivity index (χ2v) is 7.19. The van der Waals surface area contributed by atoms with Gasteiger partial charge in [-0.2, -0.15) is 0 Å². The van der Waals surface area contributed by atoms with E-state index in [2.05, 4.69) is 10.3 Å². The minimum atomic E-state index is -0.400. The third-order valence-corrected chi connectivity index (χ3v) is 5.52. The second-order valence-electron chi connectivity index (χ2n) is 7.19. The molecule has 0 fully saturated rings. The van der Waals surface area contributed by atoms with Crippen LogP contribution in [0, 0.1) is 0 Å². The van der Waals surface area contributed by atoms with E-state index in [9.17, 15) is 9.59 Å². The summed E-state index contributed by atoms with van der Waals surface area (Å²) in [7, 11) is 1.61. The number of fused-ring (bicyclic) bond motifs is 2. The highest BCUT2D eigenvalue weighted by molar-refractivity contribution is 6.50. The molecule has 0 saturated heterocycles. The Hall–Kier alpha value is -3.84. The summed E-state index contributed by atoms with van der Waals surface area (Å²) in [5.74, 6) is -0.0842. The van der Waals surface area contributed by atoms with Gasteiger partial charge in [-0.15, -0.1) is 0 Å². The van der Waals surface area contributed by atoms with Crippen LogP contribution >= 0.6 is 0 Å². The molecule has 150 valence electrons. The summed E-state index contributed by atoms with van der Waals surface area (Å²) >= 11 is 0. The van der Waals surface area contributed by atoms with Crippen molar-refractivity contribution in [1.29, 1.82) is 0 Å². The van der Waals surface area contributed by atoms with Crippen LogP contribution in [0.2, 0.25) is 0 Å². The van der Waals surface area contributed by atoms with E-state index in [1.54, 1.807) is 13.3 Å². The van der Waals surface area contributed by atoms with Crippen molar-refractivity contribution in [2.24, 2.45) is 5.73 Å². The molecule has 4 N–H and O–H groups in total. The number of hydrogen-bond donors (Lipinski definition) is 3. The molecule has 3 heterocycles. The Morgan fingerprint density at radius 2 is 1.77 bits per heavy atom. The minimum Gasteiger partial charge on any atom is -0.497 e. The zero-order valence-electron chi connectivity index (χ0n) is 16.4. The van der Waals surface area contributed by atoms with Crippen molar-refractivity contribution < 1.29 is 14.3 Å². The van der Waals surface area contributed by atoms with E-state index in [0.29, 0.717) is 41.1 Å². The first-order valence-electron chi connectivity index (χ1n) is 9.66. The van der Waals surface area contributed by atoms with Crippen LogP contribution in [0.15, 0.2) is 54.9 Å². The van der Waals surface area contributed by atoms with Crippen LogP contribution in [0.5, 0.6) is 5.75 Å². The molecule has 2 aromatic carbocycles. The van der Waals surface area contributed by atoms with E-state index in [4.69, 9.17) is 10.5 Å². The third kappa shape index (κ3) is 2.63. The number of aromatic nitrogens is 2. The van der Waals surface area contributed by atoms with Crippen molar-refractivity contribution in [1.82, 2.24) is 14.9 Å². The van der Waals surface area contributed by atoms with E-state index in [1.807, 2.05) is 53.2 Å². The number of H-pyrrole nitrogens is 1. The van der Waals surface area contributed by atoms with Crippen LogP contribution in [0.1, 0.15) is 11.1 Å². The molecule has 0 spiro atoms. The summed E-state index contributed by atoms with van der Waals surface area (Å²) < 4.78 is 7.35. The fraction of sp³-hybridized carbons (Fsp3) is 0.130. The molecule has 30 heavy (non-hydrogen) atoms. The van der Waals surface area contributed by atoms with E-state index >= 15 is 0 Å². The maximum absolute atomic E-state index is 12.9. The van der Waals surface area contributed by atoms with E-state index < -0.39 is 11.8 Å². The molecule has 0 atom stereocenters. The Bertz CT molecular complexity index is 1360. The lowest BCUT2D eigenvalue weighted by Crippen LogP contribution is -2.22. The molecule has 0 radical (unpaired) electrons. The molecule has 0 unspecified atom stereocenters. The van der Waals surface area contributed by atoms with Gasteiger partial charge in [0.1, 0.15) is 5.75 Å². The number of carbonyl (C=O) groups excluding carboxylic acids is 2. The number of para-hydroxylation sites is 1. The average Bonchev–Trinajstić information content (AvgIpc) is 3.41. The van der Waals surface area contributed by atoms with Gasteiger partial charge in [0.05, 0.1) is 23.8 Å². The summed E-state index contributed by atoms with van der Waals surface area (Å²) in [5.41, 5.74) is 9.75. The first-order chi connectivity index (χ1) is 14.6. The van der Waals surface area contributed by atoms with Crippen molar-refractivity contribution >= 4 is 44.8 Å². The maximum atomic E-state index is 12.9. The van der Waals surface area contributed by atoms with Gasteiger partial charge in [0.25, 0.3) is 11.8 Å². The molecule has 2 aromatic heterocycles. The number of hydrogen-bond acceptors (Lipinski definition) is 4. The number of amides is 2. The number of carbonyl (C=O) groups is 2. The van der Waals surface area contributed by atoms with Gasteiger partial charge in [0.2, 0.25) is 0 Å². The quantitative estimate of drug-likeness (QED) is 0.448. The summed E-state index contributed by atoms with van der Waals surface area (Å²) in [5, 5.41) is 4.23. The maximum Gasteiger partial charge on any atom is 0.259 e. The Kier molecular flexibility index (Phi) is 4.18. The number of methoxy groups -OCH3 is 1. The lowest BCUT2D eigenvalue weighted by Gasteiger charge is -2.04. The minimum absolute atomic E-state index is 0.371. The molecule has 0 bridgehead atoms. The number of benzene rings is 2. The number of nitrogens with two attached hydrogens (primary N) is 1. The first-order valence-corrected chi connectivity index (χ1v) is 9.66. The van der Waals surface area contributed by atoms with Crippen molar-refractivity contribution in [3.63, 3.8) is 0 Å². The monoisotopic (exact) mass is 400 g/mol. The van der Waals surface area contributed by atoms with Gasteiger partial charge in [-0.25, -0.2) is 0 Å². The van der Waals surface area contributed by atoms with E-state index in [1.165, 1.54) is 0 Å². The summed E-state index contributed by atoms with van der Waals surface area (Å²) in [6.07, 6.45) is 3.67. The number of imide groups is 1. The Morgan fingerprint density at radius 1 is 1.00 bits per heavy atom. The molecule has 1 aliphatic rings. The average molecular weight is 400 g/mol. The topological polar surface area (TPSA) is 102 Å². The van der Waals surface area contributed by atoms with Crippen molar-refractivity contribution in [3.05, 3.63) is 66.0 Å². The fourth-order valence-corrected chi connectivity index (χ4v) is 4.17. The summed E-state index contributed by atoms with van der Waals surface area (Å²) in [4.78, 5) is 28.9. The first kappa shape index (κ1) is 18.2. The van der Waals surface area contributed by atoms with Crippen LogP contribution in [-0.2, 0) is 16.1 Å². The SMILES string of the molecule is COc1ccc2c(C3=C(c4c[nH]c5ccccc45)C(=O)NC3=O)cn(CCN)c2c1. The predicted molar refractivity (Wildman–Crippen MR) is 116 cm³/mol. The molecule has 2 amide bonds. The van der Waals surface area contributed by atoms with Crippen LogP contribution < -0.4 is 15.8 Å². The zero-order valence-corrected chi connectivity index (χ0v) is 16.4. The highest BCUT2D eigenvalue weighted by atomic mass is 16.5. The number of nitrogens with one attached hydrogen (secondary N) is 2. The standard InChI is InChI=1S/C23H20N4O3/c1-30-13-6-7-15-17(12-27(9-8-24)19(15)10-13)21-20(22(28)26-23(21)29)16-11-25-18-5-3-2-4-14(16)18/h2-7,10-12,25H,8-9,24H2,1H3,(H,26,28,29). The molecular formula is C23H20N4O3. The normalized spacial score (nSPS) is 14.2. The Labute approximate surface area is 172 Å². The zero-order chi connectivity index (χ0) is 20.8. The van der Waals surface area contributed by atoms with Crippen LogP contribution in [0.25, 0.3) is 33.0 Å². The Morgan fingerprint density at radius 3 is 2.53 bits per heavy atom. The van der Waals surface area contributed by atoms with Crippen LogP contribution in [0.3, 0.4) is 0 Å². The van der Waals surface area contributed by atoms with Crippen molar-refractivity contribution in [3.8, 4) is 5.75 Å². The molecular weight excluding hydrogens is 380 g/mol. The molecule has 4 aromatic rings. The highest BCUT2D eigenvalue weighted by Gasteiger charge is 2.35. The summed E-state index contributed by atoms with van der Waals surface area (Å²) in [6.45, 7) is 1.02. The Balaban J connectivity index is 1.81. The predicted octanol–water partition coefficient (Wildman–Crippen LogP) is 2.66.